The van der Waals surface area contributed by atoms with Crippen molar-refractivity contribution < 1.29 is 22.7 Å². The Labute approximate surface area is 179 Å². The van der Waals surface area contributed by atoms with Gasteiger partial charge in [0.05, 0.1) is 17.4 Å². The first-order valence-electron chi connectivity index (χ1n) is 10.7. The molecular weight excluding hydrogens is 408 g/mol. The lowest BCUT2D eigenvalue weighted by Crippen LogP contribution is -2.48. The van der Waals surface area contributed by atoms with E-state index in [0.717, 1.165) is 12.8 Å². The number of aromatic nitrogens is 2. The van der Waals surface area contributed by atoms with Crippen molar-refractivity contribution >= 4 is 10.9 Å². The molecule has 0 bridgehead atoms. The first-order valence-corrected chi connectivity index (χ1v) is 10.7. The summed E-state index contributed by atoms with van der Waals surface area (Å²) >= 11 is 0. The van der Waals surface area contributed by atoms with Crippen LogP contribution < -0.4 is 0 Å². The Morgan fingerprint density at radius 1 is 1.06 bits per heavy atom. The smallest absolute Gasteiger partial charge is 0.380 e. The number of rotatable bonds is 9. The number of fused-ring (bicyclic) bond motifs is 1. The topological polar surface area (TPSA) is 38.1 Å². The number of halogens is 4. The zero-order valence-electron chi connectivity index (χ0n) is 17.8. The van der Waals surface area contributed by atoms with E-state index in [1.165, 1.54) is 12.1 Å². The van der Waals surface area contributed by atoms with E-state index in [9.17, 15) is 22.7 Å². The van der Waals surface area contributed by atoms with Gasteiger partial charge in [0.1, 0.15) is 5.82 Å². The van der Waals surface area contributed by atoms with Crippen LogP contribution in [0.2, 0.25) is 0 Å². The molecule has 3 rings (SSSR count). The third-order valence-corrected chi connectivity index (χ3v) is 5.90. The molecule has 2 unspecified atom stereocenters. The van der Waals surface area contributed by atoms with Crippen molar-refractivity contribution in [3.05, 3.63) is 60.0 Å². The molecular formula is C24H28F4N2O. The molecule has 0 radical (unpaired) electrons. The summed E-state index contributed by atoms with van der Waals surface area (Å²) in [6.45, 7) is 3.87. The van der Waals surface area contributed by atoms with E-state index >= 15 is 0 Å². The van der Waals surface area contributed by atoms with Gasteiger partial charge >= 0.3 is 6.18 Å². The third kappa shape index (κ3) is 5.26. The second kappa shape index (κ2) is 9.39. The Hall–Kier alpha value is -2.41. The van der Waals surface area contributed by atoms with Gasteiger partial charge in [-0.1, -0.05) is 45.6 Å². The van der Waals surface area contributed by atoms with Gasteiger partial charge in [-0.05, 0) is 54.3 Å². The van der Waals surface area contributed by atoms with Crippen molar-refractivity contribution in [1.82, 2.24) is 9.78 Å². The van der Waals surface area contributed by atoms with Gasteiger partial charge in [0.25, 0.3) is 0 Å². The van der Waals surface area contributed by atoms with Crippen molar-refractivity contribution in [2.24, 2.45) is 5.92 Å². The van der Waals surface area contributed by atoms with Crippen LogP contribution >= 0.6 is 0 Å². The Bertz CT molecular complexity index is 997. The summed E-state index contributed by atoms with van der Waals surface area (Å²) in [5.41, 5.74) is -1.03. The zero-order valence-corrected chi connectivity index (χ0v) is 17.8. The predicted molar refractivity (Wildman–Crippen MR) is 114 cm³/mol. The van der Waals surface area contributed by atoms with Crippen LogP contribution in [0.3, 0.4) is 0 Å². The van der Waals surface area contributed by atoms with E-state index in [4.69, 9.17) is 0 Å². The molecule has 2 atom stereocenters. The van der Waals surface area contributed by atoms with Gasteiger partial charge in [-0.3, -0.25) is 0 Å². The van der Waals surface area contributed by atoms with Gasteiger partial charge < -0.3 is 5.11 Å². The number of alkyl halides is 3. The summed E-state index contributed by atoms with van der Waals surface area (Å²) in [5.74, 6) is -0.546. The standard InChI is InChI=1S/C24H28F4N2O/c1-3-5-6-17(4-2)14-23(31,24(26,27)28)15-18-7-12-22-19(13-18)16-29-30(22)21-10-8-20(25)9-11-21/h7-13,16-17,31H,3-6,14-15H2,1-2H3. The Morgan fingerprint density at radius 2 is 1.77 bits per heavy atom. The molecule has 0 fully saturated rings. The molecule has 2 aromatic carbocycles. The van der Waals surface area contributed by atoms with Gasteiger partial charge in [0, 0.05) is 11.8 Å². The fourth-order valence-corrected chi connectivity index (χ4v) is 4.03. The maximum absolute atomic E-state index is 13.9. The Kier molecular flexibility index (Phi) is 7.04. The number of unbranched alkanes of at least 4 members (excludes halogenated alkanes) is 1. The van der Waals surface area contributed by atoms with E-state index in [-0.39, 0.29) is 18.2 Å². The van der Waals surface area contributed by atoms with Crippen LogP contribution in [0.5, 0.6) is 0 Å². The Balaban J connectivity index is 1.88. The van der Waals surface area contributed by atoms with Crippen molar-refractivity contribution in [2.45, 2.75) is 64.1 Å². The molecule has 0 aliphatic rings. The van der Waals surface area contributed by atoms with E-state index in [1.807, 2.05) is 13.8 Å². The average Bonchev–Trinajstić information content (AvgIpc) is 3.14. The highest BCUT2D eigenvalue weighted by Crippen LogP contribution is 2.40. The quantitative estimate of drug-likeness (QED) is 0.384. The number of hydrogen-bond acceptors (Lipinski definition) is 2. The average molecular weight is 436 g/mol. The van der Waals surface area contributed by atoms with Gasteiger partial charge in [0.15, 0.2) is 5.60 Å². The summed E-state index contributed by atoms with van der Waals surface area (Å²) in [5, 5.41) is 15.6. The van der Waals surface area contributed by atoms with Crippen molar-refractivity contribution in [2.75, 3.05) is 0 Å². The fourth-order valence-electron chi connectivity index (χ4n) is 4.03. The molecule has 3 aromatic rings. The second-order valence-corrected chi connectivity index (χ2v) is 8.25. The highest BCUT2D eigenvalue weighted by atomic mass is 19.4. The lowest BCUT2D eigenvalue weighted by atomic mass is 9.81. The normalized spacial score (nSPS) is 15.2. The molecule has 0 amide bonds. The monoisotopic (exact) mass is 436 g/mol. The maximum atomic E-state index is 13.9. The van der Waals surface area contributed by atoms with Crippen LogP contribution in [-0.4, -0.2) is 26.7 Å². The second-order valence-electron chi connectivity index (χ2n) is 8.25. The molecule has 168 valence electrons. The van der Waals surface area contributed by atoms with Crippen LogP contribution in [0.25, 0.3) is 16.6 Å². The molecule has 7 heteroatoms. The van der Waals surface area contributed by atoms with E-state index < -0.39 is 18.2 Å². The summed E-state index contributed by atoms with van der Waals surface area (Å²) in [6, 6.07) is 10.7. The molecule has 0 saturated heterocycles. The minimum atomic E-state index is -4.72. The summed E-state index contributed by atoms with van der Waals surface area (Å²) in [7, 11) is 0. The molecule has 1 aromatic heterocycles. The minimum Gasteiger partial charge on any atom is -0.380 e. The SMILES string of the molecule is CCCCC(CC)CC(O)(Cc1ccc2c(cnn2-c2ccc(F)cc2)c1)C(F)(F)F. The number of nitrogens with zero attached hydrogens (tertiary/aromatic N) is 2. The first kappa shape index (κ1) is 23.3. The third-order valence-electron chi connectivity index (χ3n) is 5.90. The fraction of sp³-hybridized carbons (Fsp3) is 0.458. The highest BCUT2D eigenvalue weighted by molar-refractivity contribution is 5.81. The maximum Gasteiger partial charge on any atom is 0.417 e. The lowest BCUT2D eigenvalue weighted by Gasteiger charge is -2.34. The number of benzene rings is 2. The van der Waals surface area contributed by atoms with Gasteiger partial charge in [-0.25, -0.2) is 9.07 Å². The number of aliphatic hydroxyl groups is 1. The van der Waals surface area contributed by atoms with Crippen molar-refractivity contribution in [3.8, 4) is 5.69 Å². The molecule has 1 heterocycles. The van der Waals surface area contributed by atoms with Crippen LogP contribution in [0.15, 0.2) is 48.7 Å². The van der Waals surface area contributed by atoms with Gasteiger partial charge in [-0.2, -0.15) is 18.3 Å². The molecule has 3 nitrogen and oxygen atoms in total. The summed E-state index contributed by atoms with van der Waals surface area (Å²) < 4.78 is 56.4. The molecule has 0 aliphatic carbocycles. The number of hydrogen-bond donors (Lipinski definition) is 1. The largest absolute Gasteiger partial charge is 0.417 e. The van der Waals surface area contributed by atoms with Gasteiger partial charge in [-0.15, -0.1) is 0 Å². The molecule has 0 saturated carbocycles. The molecule has 1 N–H and O–H groups in total. The van der Waals surface area contributed by atoms with Crippen molar-refractivity contribution in [3.63, 3.8) is 0 Å². The molecule has 0 aliphatic heterocycles. The van der Waals surface area contributed by atoms with Crippen molar-refractivity contribution in [1.29, 1.82) is 0 Å². The first-order chi connectivity index (χ1) is 14.7. The van der Waals surface area contributed by atoms with Crippen LogP contribution in [0.4, 0.5) is 17.6 Å². The molecule has 0 spiro atoms. The predicted octanol–water partition coefficient (Wildman–Crippen LogP) is 6.61. The molecule has 31 heavy (non-hydrogen) atoms. The van der Waals surface area contributed by atoms with E-state index in [1.54, 1.807) is 41.2 Å². The van der Waals surface area contributed by atoms with Gasteiger partial charge in [0.2, 0.25) is 0 Å². The highest BCUT2D eigenvalue weighted by Gasteiger charge is 2.53. The van der Waals surface area contributed by atoms with Crippen LogP contribution in [0, 0.1) is 11.7 Å². The summed E-state index contributed by atoms with van der Waals surface area (Å²) in [6.07, 6.45) is -0.936. The van der Waals surface area contributed by atoms with E-state index in [0.29, 0.717) is 35.0 Å². The lowest BCUT2D eigenvalue weighted by molar-refractivity contribution is -0.266. The Morgan fingerprint density at radius 3 is 2.39 bits per heavy atom. The van der Waals surface area contributed by atoms with E-state index in [2.05, 4.69) is 5.10 Å². The van der Waals surface area contributed by atoms with Crippen LogP contribution in [0.1, 0.15) is 51.5 Å². The van der Waals surface area contributed by atoms with Crippen LogP contribution in [-0.2, 0) is 6.42 Å². The minimum absolute atomic E-state index is 0.184. The zero-order chi connectivity index (χ0) is 22.6. The summed E-state index contributed by atoms with van der Waals surface area (Å²) in [4.78, 5) is 0.